The van der Waals surface area contributed by atoms with Crippen LogP contribution in [0, 0.1) is 5.92 Å². The molecule has 7 nitrogen and oxygen atoms in total. The monoisotopic (exact) mass is 354 g/mol. The summed E-state index contributed by atoms with van der Waals surface area (Å²) >= 11 is 5.98. The lowest BCUT2D eigenvalue weighted by Crippen LogP contribution is -2.42. The maximum atomic E-state index is 12.0. The largest absolute Gasteiger partial charge is 0.490 e. The molecule has 0 saturated carbocycles. The molecule has 0 spiro atoms. The van der Waals surface area contributed by atoms with Crippen molar-refractivity contribution < 1.29 is 24.2 Å². The average molecular weight is 355 g/mol. The Labute approximate surface area is 144 Å². The predicted molar refractivity (Wildman–Crippen MR) is 86.9 cm³/mol. The molecule has 130 valence electrons. The van der Waals surface area contributed by atoms with E-state index in [0.29, 0.717) is 17.3 Å². The number of aliphatic carboxylic acids is 1. The van der Waals surface area contributed by atoms with Crippen LogP contribution in [0.25, 0.3) is 0 Å². The number of carboxylic acid groups (broad SMARTS) is 1. The fourth-order valence-electron chi connectivity index (χ4n) is 2.38. The normalized spacial score (nSPS) is 18.3. The van der Waals surface area contributed by atoms with Crippen LogP contribution in [0.5, 0.6) is 5.75 Å². The van der Waals surface area contributed by atoms with Crippen LogP contribution in [0.4, 0.5) is 0 Å². The topological polar surface area (TPSA) is 95.9 Å². The molecule has 1 saturated heterocycles. The van der Waals surface area contributed by atoms with Crippen molar-refractivity contribution in [3.8, 4) is 5.75 Å². The van der Waals surface area contributed by atoms with E-state index >= 15 is 0 Å². The molecule has 1 aliphatic heterocycles. The molecular weight excluding hydrogens is 336 g/mol. The Kier molecular flexibility index (Phi) is 6.03. The van der Waals surface area contributed by atoms with Crippen molar-refractivity contribution in [1.29, 1.82) is 0 Å². The maximum absolute atomic E-state index is 12.0. The highest BCUT2D eigenvalue weighted by Crippen LogP contribution is 2.23. The number of likely N-dealkylation sites (tertiary alicyclic amines) is 1. The molecule has 0 bridgehead atoms. The first-order valence-electron chi connectivity index (χ1n) is 7.56. The van der Waals surface area contributed by atoms with Gasteiger partial charge in [-0.05, 0) is 19.1 Å². The second kappa shape index (κ2) is 8.01. The molecule has 0 radical (unpaired) electrons. The molecule has 1 aromatic carbocycles. The van der Waals surface area contributed by atoms with Gasteiger partial charge in [0, 0.05) is 13.0 Å². The third-order valence-electron chi connectivity index (χ3n) is 3.77. The summed E-state index contributed by atoms with van der Waals surface area (Å²) in [6.07, 6.45) is 0.0737. The number of nitrogens with one attached hydrogen (secondary N) is 1. The summed E-state index contributed by atoms with van der Waals surface area (Å²) in [5, 5.41) is 11.7. The van der Waals surface area contributed by atoms with Crippen molar-refractivity contribution in [2.24, 2.45) is 5.92 Å². The molecule has 1 aromatic rings. The summed E-state index contributed by atoms with van der Waals surface area (Å²) in [5.74, 6) is -1.69. The van der Waals surface area contributed by atoms with E-state index in [1.54, 1.807) is 24.3 Å². The molecule has 1 heterocycles. The van der Waals surface area contributed by atoms with Crippen LogP contribution in [0.15, 0.2) is 24.3 Å². The van der Waals surface area contributed by atoms with Crippen molar-refractivity contribution in [3.63, 3.8) is 0 Å². The SMILES string of the molecule is C[C@@H](NC(=O)C1CC(=O)N(CCOc2ccccc2Cl)C1)C(=O)O. The van der Waals surface area contributed by atoms with Gasteiger partial charge < -0.3 is 20.1 Å². The smallest absolute Gasteiger partial charge is 0.325 e. The number of hydrogen-bond acceptors (Lipinski definition) is 4. The zero-order valence-corrected chi connectivity index (χ0v) is 14.0. The minimum absolute atomic E-state index is 0.0737. The Hall–Kier alpha value is -2.28. The summed E-state index contributed by atoms with van der Waals surface area (Å²) in [6, 6.07) is 6.05. The lowest BCUT2D eigenvalue weighted by Gasteiger charge is -2.17. The molecule has 2 rings (SSSR count). The van der Waals surface area contributed by atoms with E-state index < -0.39 is 23.8 Å². The molecule has 1 aliphatic rings. The number of carbonyl (C=O) groups excluding carboxylic acids is 2. The number of hydrogen-bond donors (Lipinski definition) is 2. The zero-order chi connectivity index (χ0) is 17.7. The maximum Gasteiger partial charge on any atom is 0.325 e. The van der Waals surface area contributed by atoms with Crippen LogP contribution in [0.2, 0.25) is 5.02 Å². The minimum atomic E-state index is -1.11. The van der Waals surface area contributed by atoms with E-state index in [2.05, 4.69) is 5.32 Å². The molecule has 2 amide bonds. The summed E-state index contributed by atoms with van der Waals surface area (Å²) < 4.78 is 5.53. The standard InChI is InChI=1S/C16H19ClN2O5/c1-10(16(22)23)18-15(21)11-8-14(20)19(9-11)6-7-24-13-5-3-2-4-12(13)17/h2-5,10-11H,6-9H2,1H3,(H,18,21)(H,22,23)/t10-,11?/m1/s1. The van der Waals surface area contributed by atoms with Gasteiger partial charge in [0.15, 0.2) is 0 Å². The van der Waals surface area contributed by atoms with E-state index in [1.807, 2.05) is 0 Å². The van der Waals surface area contributed by atoms with Gasteiger partial charge in [-0.25, -0.2) is 0 Å². The first-order valence-corrected chi connectivity index (χ1v) is 7.94. The van der Waals surface area contributed by atoms with Gasteiger partial charge in [-0.15, -0.1) is 0 Å². The highest BCUT2D eigenvalue weighted by atomic mass is 35.5. The Balaban J connectivity index is 1.81. The lowest BCUT2D eigenvalue weighted by atomic mass is 10.1. The van der Waals surface area contributed by atoms with Gasteiger partial charge in [0.1, 0.15) is 18.4 Å². The summed E-state index contributed by atoms with van der Waals surface area (Å²) in [4.78, 5) is 36.3. The number of benzene rings is 1. The van der Waals surface area contributed by atoms with E-state index in [-0.39, 0.29) is 25.5 Å². The Bertz CT molecular complexity index is 637. The second-order valence-corrected chi connectivity index (χ2v) is 6.00. The minimum Gasteiger partial charge on any atom is -0.490 e. The number of para-hydroxylation sites is 1. The Morgan fingerprint density at radius 2 is 2.17 bits per heavy atom. The highest BCUT2D eigenvalue weighted by Gasteiger charge is 2.35. The van der Waals surface area contributed by atoms with Crippen LogP contribution < -0.4 is 10.1 Å². The summed E-state index contributed by atoms with van der Waals surface area (Å²) in [6.45, 7) is 2.23. The summed E-state index contributed by atoms with van der Waals surface area (Å²) in [5.41, 5.74) is 0. The van der Waals surface area contributed by atoms with Gasteiger partial charge in [-0.3, -0.25) is 14.4 Å². The van der Waals surface area contributed by atoms with Crippen LogP contribution in [0.1, 0.15) is 13.3 Å². The Morgan fingerprint density at radius 3 is 2.83 bits per heavy atom. The van der Waals surface area contributed by atoms with E-state index in [0.717, 1.165) is 0 Å². The molecule has 24 heavy (non-hydrogen) atoms. The highest BCUT2D eigenvalue weighted by molar-refractivity contribution is 6.32. The van der Waals surface area contributed by atoms with Crippen LogP contribution in [-0.2, 0) is 14.4 Å². The van der Waals surface area contributed by atoms with Crippen molar-refractivity contribution in [1.82, 2.24) is 10.2 Å². The fraction of sp³-hybridized carbons (Fsp3) is 0.438. The molecular formula is C16H19ClN2O5. The molecule has 1 fully saturated rings. The average Bonchev–Trinajstić information content (AvgIpc) is 2.90. The van der Waals surface area contributed by atoms with E-state index in [1.165, 1.54) is 11.8 Å². The molecule has 2 atom stereocenters. The second-order valence-electron chi connectivity index (χ2n) is 5.59. The first kappa shape index (κ1) is 18.1. The number of carboxylic acids is 1. The van der Waals surface area contributed by atoms with Gasteiger partial charge in [0.2, 0.25) is 11.8 Å². The van der Waals surface area contributed by atoms with Crippen molar-refractivity contribution in [2.75, 3.05) is 19.7 Å². The molecule has 1 unspecified atom stereocenters. The van der Waals surface area contributed by atoms with Gasteiger partial charge in [-0.1, -0.05) is 23.7 Å². The van der Waals surface area contributed by atoms with Gasteiger partial charge in [-0.2, -0.15) is 0 Å². The van der Waals surface area contributed by atoms with E-state index in [4.69, 9.17) is 21.4 Å². The molecule has 2 N–H and O–H groups in total. The number of rotatable bonds is 7. The molecule has 8 heteroatoms. The first-order chi connectivity index (χ1) is 11.4. The van der Waals surface area contributed by atoms with E-state index in [9.17, 15) is 14.4 Å². The summed E-state index contributed by atoms with van der Waals surface area (Å²) in [7, 11) is 0. The number of ether oxygens (including phenoxy) is 1. The zero-order valence-electron chi connectivity index (χ0n) is 13.2. The fourth-order valence-corrected chi connectivity index (χ4v) is 2.57. The van der Waals surface area contributed by atoms with Gasteiger partial charge in [0.05, 0.1) is 17.5 Å². The molecule has 0 aliphatic carbocycles. The predicted octanol–water partition coefficient (Wildman–Crippen LogP) is 1.16. The number of amides is 2. The van der Waals surface area contributed by atoms with Crippen LogP contribution >= 0.6 is 11.6 Å². The number of nitrogens with zero attached hydrogens (tertiary/aromatic N) is 1. The lowest BCUT2D eigenvalue weighted by molar-refractivity contribution is -0.141. The van der Waals surface area contributed by atoms with Crippen molar-refractivity contribution in [3.05, 3.63) is 29.3 Å². The third-order valence-corrected chi connectivity index (χ3v) is 4.08. The van der Waals surface area contributed by atoms with Gasteiger partial charge >= 0.3 is 5.97 Å². The van der Waals surface area contributed by atoms with Crippen molar-refractivity contribution >= 4 is 29.4 Å². The van der Waals surface area contributed by atoms with Gasteiger partial charge in [0.25, 0.3) is 0 Å². The van der Waals surface area contributed by atoms with Crippen molar-refractivity contribution in [2.45, 2.75) is 19.4 Å². The third kappa shape index (κ3) is 4.61. The van der Waals surface area contributed by atoms with Crippen LogP contribution in [-0.4, -0.2) is 53.5 Å². The number of halogens is 1. The molecule has 0 aromatic heterocycles. The quantitative estimate of drug-likeness (QED) is 0.766. The Morgan fingerprint density at radius 1 is 1.46 bits per heavy atom. The number of carbonyl (C=O) groups is 3. The van der Waals surface area contributed by atoms with Crippen LogP contribution in [0.3, 0.4) is 0 Å².